The summed E-state index contributed by atoms with van der Waals surface area (Å²) in [7, 11) is 1.75. The van der Waals surface area contributed by atoms with Crippen molar-refractivity contribution in [3.63, 3.8) is 0 Å². The SMILES string of the molecule is COCC(C)CNCc1ccc2c(c1)CC(C)(C)O2. The van der Waals surface area contributed by atoms with Crippen LogP contribution in [0.25, 0.3) is 0 Å². The average Bonchev–Trinajstić information content (AvgIpc) is 2.62. The lowest BCUT2D eigenvalue weighted by Crippen LogP contribution is -2.24. The zero-order chi connectivity index (χ0) is 13.9. The highest BCUT2D eigenvalue weighted by Gasteiger charge is 2.29. The standard InChI is InChI=1S/C16H25NO2/c1-12(11-18-4)9-17-10-13-5-6-15-14(7-13)8-16(2,3)19-15/h5-7,12,17H,8-11H2,1-4H3. The Balaban J connectivity index is 1.87. The molecule has 3 nitrogen and oxygen atoms in total. The van der Waals surface area contributed by atoms with Crippen LogP contribution in [-0.2, 0) is 17.7 Å². The van der Waals surface area contributed by atoms with Gasteiger partial charge in [-0.1, -0.05) is 19.1 Å². The van der Waals surface area contributed by atoms with E-state index in [4.69, 9.17) is 9.47 Å². The summed E-state index contributed by atoms with van der Waals surface area (Å²) in [5.41, 5.74) is 2.60. The van der Waals surface area contributed by atoms with Crippen LogP contribution in [0.4, 0.5) is 0 Å². The van der Waals surface area contributed by atoms with Crippen molar-refractivity contribution in [2.75, 3.05) is 20.3 Å². The minimum absolute atomic E-state index is 0.0542. The molecule has 1 atom stereocenters. The van der Waals surface area contributed by atoms with Gasteiger partial charge in [0.25, 0.3) is 0 Å². The van der Waals surface area contributed by atoms with E-state index in [0.29, 0.717) is 5.92 Å². The molecule has 19 heavy (non-hydrogen) atoms. The molecule has 0 saturated carbocycles. The third-order valence-corrected chi connectivity index (χ3v) is 3.40. The molecule has 1 aliphatic heterocycles. The van der Waals surface area contributed by atoms with E-state index in [2.05, 4.69) is 44.3 Å². The van der Waals surface area contributed by atoms with E-state index in [1.165, 1.54) is 11.1 Å². The maximum absolute atomic E-state index is 5.89. The van der Waals surface area contributed by atoms with Crippen LogP contribution in [-0.4, -0.2) is 25.9 Å². The monoisotopic (exact) mass is 263 g/mol. The Morgan fingerprint density at radius 3 is 2.95 bits per heavy atom. The minimum Gasteiger partial charge on any atom is -0.487 e. The molecule has 1 heterocycles. The Labute approximate surface area is 116 Å². The Morgan fingerprint density at radius 1 is 1.42 bits per heavy atom. The largest absolute Gasteiger partial charge is 0.487 e. The summed E-state index contributed by atoms with van der Waals surface area (Å²) in [6.07, 6.45) is 0.996. The van der Waals surface area contributed by atoms with E-state index in [9.17, 15) is 0 Å². The molecule has 0 saturated heterocycles. The van der Waals surface area contributed by atoms with Crippen LogP contribution in [0.3, 0.4) is 0 Å². The summed E-state index contributed by atoms with van der Waals surface area (Å²) in [5.74, 6) is 1.59. The molecule has 1 aliphatic rings. The van der Waals surface area contributed by atoms with Gasteiger partial charge in [-0.15, -0.1) is 0 Å². The Hall–Kier alpha value is -1.06. The predicted molar refractivity (Wildman–Crippen MR) is 77.6 cm³/mol. The zero-order valence-electron chi connectivity index (χ0n) is 12.5. The van der Waals surface area contributed by atoms with E-state index in [1.807, 2.05) is 0 Å². The average molecular weight is 263 g/mol. The lowest BCUT2D eigenvalue weighted by molar-refractivity contribution is 0.138. The number of benzene rings is 1. The summed E-state index contributed by atoms with van der Waals surface area (Å²) < 4.78 is 11.0. The van der Waals surface area contributed by atoms with E-state index in [1.54, 1.807) is 7.11 Å². The van der Waals surface area contributed by atoms with E-state index in [0.717, 1.165) is 31.9 Å². The van der Waals surface area contributed by atoms with E-state index < -0.39 is 0 Å². The minimum atomic E-state index is -0.0542. The van der Waals surface area contributed by atoms with Crippen LogP contribution in [0.2, 0.25) is 0 Å². The maximum Gasteiger partial charge on any atom is 0.123 e. The van der Waals surface area contributed by atoms with Crippen molar-refractivity contribution in [2.45, 2.75) is 39.3 Å². The lowest BCUT2D eigenvalue weighted by Gasteiger charge is -2.16. The first-order chi connectivity index (χ1) is 9.00. The quantitative estimate of drug-likeness (QED) is 0.856. The fourth-order valence-corrected chi connectivity index (χ4v) is 2.58. The van der Waals surface area contributed by atoms with Crippen LogP contribution in [0, 0.1) is 5.92 Å². The van der Waals surface area contributed by atoms with Crippen LogP contribution in [0.15, 0.2) is 18.2 Å². The van der Waals surface area contributed by atoms with Crippen LogP contribution >= 0.6 is 0 Å². The first kappa shape index (κ1) is 14.4. The molecule has 2 rings (SSSR count). The van der Waals surface area contributed by atoms with Crippen LogP contribution < -0.4 is 10.1 Å². The van der Waals surface area contributed by atoms with E-state index in [-0.39, 0.29) is 5.60 Å². The van der Waals surface area contributed by atoms with Crippen molar-refractivity contribution in [1.82, 2.24) is 5.32 Å². The highest BCUT2D eigenvalue weighted by molar-refractivity contribution is 5.41. The summed E-state index contributed by atoms with van der Waals surface area (Å²) in [5, 5.41) is 3.48. The van der Waals surface area contributed by atoms with Crippen molar-refractivity contribution in [3.8, 4) is 5.75 Å². The summed E-state index contributed by atoms with van der Waals surface area (Å²) in [6.45, 7) is 9.15. The predicted octanol–water partition coefficient (Wildman–Crippen LogP) is 2.77. The van der Waals surface area contributed by atoms with Crippen molar-refractivity contribution < 1.29 is 9.47 Å². The highest BCUT2D eigenvalue weighted by Crippen LogP contribution is 2.35. The van der Waals surface area contributed by atoms with Crippen molar-refractivity contribution in [3.05, 3.63) is 29.3 Å². The second kappa shape index (κ2) is 5.93. The van der Waals surface area contributed by atoms with Gasteiger partial charge in [-0.2, -0.15) is 0 Å². The van der Waals surface area contributed by atoms with Gasteiger partial charge in [-0.25, -0.2) is 0 Å². The van der Waals surface area contributed by atoms with Gasteiger partial charge in [-0.3, -0.25) is 0 Å². The van der Waals surface area contributed by atoms with Crippen molar-refractivity contribution in [2.24, 2.45) is 5.92 Å². The zero-order valence-corrected chi connectivity index (χ0v) is 12.5. The molecule has 3 heteroatoms. The number of methoxy groups -OCH3 is 1. The normalized spacial score (nSPS) is 17.9. The first-order valence-corrected chi connectivity index (χ1v) is 7.00. The first-order valence-electron chi connectivity index (χ1n) is 7.00. The van der Waals surface area contributed by atoms with Gasteiger partial charge in [0.05, 0.1) is 0 Å². The molecule has 0 spiro atoms. The molecule has 0 bridgehead atoms. The van der Waals surface area contributed by atoms with Gasteiger partial charge in [0, 0.05) is 33.2 Å². The Kier molecular flexibility index (Phi) is 4.48. The Morgan fingerprint density at radius 2 is 2.21 bits per heavy atom. The number of ether oxygens (including phenoxy) is 2. The number of hydrogen-bond donors (Lipinski definition) is 1. The second-order valence-corrected chi connectivity index (χ2v) is 6.17. The summed E-state index contributed by atoms with van der Waals surface area (Å²) >= 11 is 0. The van der Waals surface area contributed by atoms with E-state index >= 15 is 0 Å². The summed E-state index contributed by atoms with van der Waals surface area (Å²) in [6, 6.07) is 6.51. The molecular formula is C16H25NO2. The number of fused-ring (bicyclic) bond motifs is 1. The number of rotatable bonds is 6. The van der Waals surface area contributed by atoms with Gasteiger partial charge in [0.1, 0.15) is 11.4 Å². The topological polar surface area (TPSA) is 30.5 Å². The fourth-order valence-electron chi connectivity index (χ4n) is 2.58. The van der Waals surface area contributed by atoms with Gasteiger partial charge in [0.15, 0.2) is 0 Å². The van der Waals surface area contributed by atoms with Crippen LogP contribution in [0.5, 0.6) is 5.75 Å². The molecule has 1 unspecified atom stereocenters. The number of hydrogen-bond acceptors (Lipinski definition) is 3. The third-order valence-electron chi connectivity index (χ3n) is 3.40. The molecular weight excluding hydrogens is 238 g/mol. The smallest absolute Gasteiger partial charge is 0.123 e. The molecule has 0 radical (unpaired) electrons. The van der Waals surface area contributed by atoms with Gasteiger partial charge < -0.3 is 14.8 Å². The fraction of sp³-hybridized carbons (Fsp3) is 0.625. The van der Waals surface area contributed by atoms with Gasteiger partial charge in [0.2, 0.25) is 0 Å². The maximum atomic E-state index is 5.89. The third kappa shape index (κ3) is 3.95. The molecule has 1 N–H and O–H groups in total. The Bertz CT molecular complexity index is 429. The molecule has 0 fully saturated rings. The molecule has 106 valence electrons. The number of nitrogens with one attached hydrogen (secondary N) is 1. The van der Waals surface area contributed by atoms with Crippen molar-refractivity contribution in [1.29, 1.82) is 0 Å². The lowest BCUT2D eigenvalue weighted by atomic mass is 10.0. The second-order valence-electron chi connectivity index (χ2n) is 6.17. The molecule has 0 amide bonds. The van der Waals surface area contributed by atoms with Gasteiger partial charge >= 0.3 is 0 Å². The molecule has 1 aromatic carbocycles. The summed E-state index contributed by atoms with van der Waals surface area (Å²) in [4.78, 5) is 0. The highest BCUT2D eigenvalue weighted by atomic mass is 16.5. The molecule has 1 aromatic rings. The van der Waals surface area contributed by atoms with Gasteiger partial charge in [-0.05, 0) is 37.0 Å². The molecule has 0 aliphatic carbocycles. The van der Waals surface area contributed by atoms with Crippen LogP contribution in [0.1, 0.15) is 31.9 Å². The molecule has 0 aromatic heterocycles. The van der Waals surface area contributed by atoms with Crippen molar-refractivity contribution >= 4 is 0 Å².